The van der Waals surface area contributed by atoms with E-state index in [2.05, 4.69) is 19.2 Å². The lowest BCUT2D eigenvalue weighted by atomic mass is 9.88. The average Bonchev–Trinajstić information content (AvgIpc) is 2.72. The molecule has 1 saturated carbocycles. The van der Waals surface area contributed by atoms with E-state index in [1.807, 2.05) is 0 Å². The van der Waals surface area contributed by atoms with Crippen LogP contribution < -0.4 is 11.1 Å². The number of carbonyl (C=O) groups is 1. The Kier molecular flexibility index (Phi) is 5.26. The molecule has 0 bridgehead atoms. The number of carbonyl (C=O) groups excluding carboxylic acids is 1. The zero-order valence-corrected chi connectivity index (χ0v) is 10.7. The van der Waals surface area contributed by atoms with Gasteiger partial charge in [0.15, 0.2) is 0 Å². The molecule has 1 unspecified atom stereocenters. The van der Waals surface area contributed by atoms with Crippen LogP contribution in [0.4, 0.5) is 0 Å². The van der Waals surface area contributed by atoms with Crippen molar-refractivity contribution in [2.24, 2.45) is 17.1 Å². The van der Waals surface area contributed by atoms with E-state index in [4.69, 9.17) is 5.73 Å². The van der Waals surface area contributed by atoms with Crippen LogP contribution in [-0.2, 0) is 4.79 Å². The van der Waals surface area contributed by atoms with Crippen molar-refractivity contribution in [3.63, 3.8) is 0 Å². The maximum atomic E-state index is 11.9. The number of nitrogens with one attached hydrogen (secondary N) is 1. The van der Waals surface area contributed by atoms with Crippen molar-refractivity contribution < 1.29 is 4.79 Å². The van der Waals surface area contributed by atoms with E-state index in [-0.39, 0.29) is 11.3 Å². The minimum absolute atomic E-state index is 0.0838. The molecule has 0 spiro atoms. The molecular formula is C13H26N2O. The predicted octanol–water partition coefficient (Wildman–Crippen LogP) is 2.06. The molecular weight excluding hydrogens is 200 g/mol. The van der Waals surface area contributed by atoms with Crippen LogP contribution in [0.15, 0.2) is 0 Å². The Balaban J connectivity index is 2.15. The van der Waals surface area contributed by atoms with E-state index >= 15 is 0 Å². The summed E-state index contributed by atoms with van der Waals surface area (Å²) < 4.78 is 0. The molecule has 0 aromatic carbocycles. The second-order valence-corrected chi connectivity index (χ2v) is 5.51. The molecule has 1 aliphatic rings. The van der Waals surface area contributed by atoms with Crippen LogP contribution in [0.1, 0.15) is 52.4 Å². The summed E-state index contributed by atoms with van der Waals surface area (Å²) in [4.78, 5) is 11.9. The van der Waals surface area contributed by atoms with Gasteiger partial charge in [0.1, 0.15) is 0 Å². The normalized spacial score (nSPS) is 20.7. The second kappa shape index (κ2) is 6.24. The monoisotopic (exact) mass is 226 g/mol. The van der Waals surface area contributed by atoms with E-state index in [1.54, 1.807) is 0 Å². The third-order valence-corrected chi connectivity index (χ3v) is 3.82. The maximum Gasteiger partial charge on any atom is 0.225 e. The third-order valence-electron chi connectivity index (χ3n) is 3.82. The van der Waals surface area contributed by atoms with E-state index in [1.165, 1.54) is 12.8 Å². The standard InChI is InChI=1S/C13H26N2O/c1-11(10-14)6-5-9-15-12(16)13(2)7-3-4-8-13/h11H,3-10,14H2,1-2H3,(H,15,16). The molecule has 1 fully saturated rings. The Bertz CT molecular complexity index is 222. The topological polar surface area (TPSA) is 55.1 Å². The fraction of sp³-hybridized carbons (Fsp3) is 0.923. The highest BCUT2D eigenvalue weighted by Crippen LogP contribution is 2.37. The highest BCUT2D eigenvalue weighted by atomic mass is 16.2. The van der Waals surface area contributed by atoms with Gasteiger partial charge in [0.25, 0.3) is 0 Å². The molecule has 1 amide bonds. The van der Waals surface area contributed by atoms with E-state index < -0.39 is 0 Å². The Morgan fingerprint density at radius 1 is 1.44 bits per heavy atom. The van der Waals surface area contributed by atoms with Gasteiger partial charge in [-0.1, -0.05) is 26.7 Å². The van der Waals surface area contributed by atoms with Crippen LogP contribution >= 0.6 is 0 Å². The Labute approximate surface area is 99.2 Å². The van der Waals surface area contributed by atoms with Gasteiger partial charge in [0.05, 0.1) is 0 Å². The van der Waals surface area contributed by atoms with Crippen molar-refractivity contribution in [2.75, 3.05) is 13.1 Å². The zero-order chi connectivity index (χ0) is 12.0. The first-order valence-corrected chi connectivity index (χ1v) is 6.57. The number of amides is 1. The van der Waals surface area contributed by atoms with Crippen LogP contribution in [0.5, 0.6) is 0 Å². The molecule has 16 heavy (non-hydrogen) atoms. The van der Waals surface area contributed by atoms with Gasteiger partial charge < -0.3 is 11.1 Å². The summed E-state index contributed by atoms with van der Waals surface area (Å²) in [6, 6.07) is 0. The van der Waals surface area contributed by atoms with Crippen molar-refractivity contribution in [1.82, 2.24) is 5.32 Å². The molecule has 0 aromatic rings. The average molecular weight is 226 g/mol. The van der Waals surface area contributed by atoms with Crippen molar-refractivity contribution in [3.05, 3.63) is 0 Å². The molecule has 1 atom stereocenters. The van der Waals surface area contributed by atoms with Gasteiger partial charge in [-0.05, 0) is 38.1 Å². The lowest BCUT2D eigenvalue weighted by Crippen LogP contribution is -2.37. The van der Waals surface area contributed by atoms with Crippen molar-refractivity contribution in [3.8, 4) is 0 Å². The number of nitrogens with two attached hydrogens (primary N) is 1. The van der Waals surface area contributed by atoms with Crippen molar-refractivity contribution in [1.29, 1.82) is 0 Å². The van der Waals surface area contributed by atoms with Gasteiger partial charge in [-0.25, -0.2) is 0 Å². The van der Waals surface area contributed by atoms with E-state index in [9.17, 15) is 4.79 Å². The Hall–Kier alpha value is -0.570. The quantitative estimate of drug-likeness (QED) is 0.681. The number of hydrogen-bond donors (Lipinski definition) is 2. The lowest BCUT2D eigenvalue weighted by molar-refractivity contribution is -0.129. The van der Waals surface area contributed by atoms with Gasteiger partial charge in [0, 0.05) is 12.0 Å². The van der Waals surface area contributed by atoms with Gasteiger partial charge in [-0.15, -0.1) is 0 Å². The van der Waals surface area contributed by atoms with Crippen LogP contribution in [0.2, 0.25) is 0 Å². The minimum Gasteiger partial charge on any atom is -0.356 e. The summed E-state index contributed by atoms with van der Waals surface area (Å²) in [7, 11) is 0. The second-order valence-electron chi connectivity index (χ2n) is 5.51. The van der Waals surface area contributed by atoms with Crippen molar-refractivity contribution >= 4 is 5.91 Å². The molecule has 1 rings (SSSR count). The first-order valence-electron chi connectivity index (χ1n) is 6.57. The largest absolute Gasteiger partial charge is 0.356 e. The third kappa shape index (κ3) is 3.78. The smallest absolute Gasteiger partial charge is 0.225 e. The first kappa shape index (κ1) is 13.5. The molecule has 0 aliphatic heterocycles. The number of hydrogen-bond acceptors (Lipinski definition) is 2. The van der Waals surface area contributed by atoms with E-state index in [0.717, 1.165) is 38.8 Å². The zero-order valence-electron chi connectivity index (χ0n) is 10.7. The molecule has 3 heteroatoms. The Morgan fingerprint density at radius 2 is 2.06 bits per heavy atom. The van der Waals surface area contributed by atoms with Crippen LogP contribution in [0, 0.1) is 11.3 Å². The molecule has 0 radical (unpaired) electrons. The maximum absolute atomic E-state index is 11.9. The van der Waals surface area contributed by atoms with E-state index in [0.29, 0.717) is 5.92 Å². The van der Waals surface area contributed by atoms with Crippen LogP contribution in [-0.4, -0.2) is 19.0 Å². The highest BCUT2D eigenvalue weighted by Gasteiger charge is 2.35. The molecule has 1 aliphatic carbocycles. The van der Waals surface area contributed by atoms with Crippen molar-refractivity contribution in [2.45, 2.75) is 52.4 Å². The molecule has 3 N–H and O–H groups in total. The highest BCUT2D eigenvalue weighted by molar-refractivity contribution is 5.82. The predicted molar refractivity (Wildman–Crippen MR) is 67.0 cm³/mol. The summed E-state index contributed by atoms with van der Waals surface area (Å²) in [5, 5.41) is 3.06. The van der Waals surface area contributed by atoms with Gasteiger partial charge >= 0.3 is 0 Å². The summed E-state index contributed by atoms with van der Waals surface area (Å²) in [6.07, 6.45) is 6.66. The fourth-order valence-electron chi connectivity index (χ4n) is 2.37. The van der Waals surface area contributed by atoms with Gasteiger partial charge in [0.2, 0.25) is 5.91 Å². The fourth-order valence-corrected chi connectivity index (χ4v) is 2.37. The Morgan fingerprint density at radius 3 is 2.62 bits per heavy atom. The summed E-state index contributed by atoms with van der Waals surface area (Å²) >= 11 is 0. The molecule has 0 heterocycles. The molecule has 3 nitrogen and oxygen atoms in total. The van der Waals surface area contributed by atoms with Crippen LogP contribution in [0.25, 0.3) is 0 Å². The molecule has 94 valence electrons. The van der Waals surface area contributed by atoms with Gasteiger partial charge in [-0.2, -0.15) is 0 Å². The SMILES string of the molecule is CC(CN)CCCNC(=O)C1(C)CCCC1. The summed E-state index contributed by atoms with van der Waals surface area (Å²) in [6.45, 7) is 5.79. The first-order chi connectivity index (χ1) is 7.58. The lowest BCUT2D eigenvalue weighted by Gasteiger charge is -2.22. The minimum atomic E-state index is -0.0838. The summed E-state index contributed by atoms with van der Waals surface area (Å²) in [5.41, 5.74) is 5.46. The number of rotatable bonds is 6. The molecule has 0 aromatic heterocycles. The van der Waals surface area contributed by atoms with Gasteiger partial charge in [-0.3, -0.25) is 4.79 Å². The summed E-state index contributed by atoms with van der Waals surface area (Å²) in [5.74, 6) is 0.823. The van der Waals surface area contributed by atoms with Crippen LogP contribution in [0.3, 0.4) is 0 Å². The molecule has 0 saturated heterocycles.